The van der Waals surface area contributed by atoms with Gasteiger partial charge in [0.2, 0.25) is 21.8 Å². The lowest BCUT2D eigenvalue weighted by Gasteiger charge is -2.31. The fourth-order valence-electron chi connectivity index (χ4n) is 3.43. The topological polar surface area (TPSA) is 95.6 Å². The fraction of sp³-hybridized carbons (Fsp3) is 0.364. The number of hydrogen-bond donors (Lipinski definition) is 2. The van der Waals surface area contributed by atoms with Crippen LogP contribution < -0.4 is 10.6 Å². The van der Waals surface area contributed by atoms with E-state index in [1.54, 1.807) is 55.5 Å². The van der Waals surface area contributed by atoms with Gasteiger partial charge in [-0.15, -0.1) is 0 Å². The minimum absolute atomic E-state index is 0.249. The second-order valence-corrected chi connectivity index (χ2v) is 10.1. The van der Waals surface area contributed by atoms with E-state index in [0.29, 0.717) is 23.6 Å². The number of nitrogens with one attached hydrogen (secondary N) is 2. The number of amides is 2. The van der Waals surface area contributed by atoms with Gasteiger partial charge in [-0.1, -0.05) is 35.4 Å². The van der Waals surface area contributed by atoms with Crippen LogP contribution in [0.25, 0.3) is 0 Å². The van der Waals surface area contributed by atoms with E-state index >= 15 is 0 Å². The van der Waals surface area contributed by atoms with E-state index in [0.717, 1.165) is 5.56 Å². The molecule has 1 unspecified atom stereocenters. The summed E-state index contributed by atoms with van der Waals surface area (Å²) < 4.78 is 27.0. The van der Waals surface area contributed by atoms with Crippen molar-refractivity contribution in [3.63, 3.8) is 0 Å². The molecule has 31 heavy (non-hydrogen) atoms. The van der Waals surface area contributed by atoms with Gasteiger partial charge in [-0.2, -0.15) is 4.31 Å². The van der Waals surface area contributed by atoms with Crippen LogP contribution in [-0.4, -0.2) is 43.7 Å². The monoisotopic (exact) mass is 463 g/mol. The maximum absolute atomic E-state index is 12.8. The second-order valence-electron chi connectivity index (χ2n) is 7.72. The Morgan fingerprint density at radius 1 is 1.10 bits per heavy atom. The third-order valence-electron chi connectivity index (χ3n) is 5.33. The van der Waals surface area contributed by atoms with E-state index in [4.69, 9.17) is 11.6 Å². The van der Waals surface area contributed by atoms with Crippen LogP contribution in [0.4, 0.5) is 5.69 Å². The van der Waals surface area contributed by atoms with Crippen molar-refractivity contribution < 1.29 is 18.0 Å². The molecule has 1 aliphatic rings. The van der Waals surface area contributed by atoms with Gasteiger partial charge in [0.05, 0.1) is 4.90 Å². The molecule has 1 fully saturated rings. The summed E-state index contributed by atoms with van der Waals surface area (Å²) in [6.45, 7) is 4.03. The van der Waals surface area contributed by atoms with Crippen LogP contribution in [0.1, 0.15) is 25.3 Å². The number of aryl methyl sites for hydroxylation is 1. The number of halogens is 1. The Kier molecular flexibility index (Phi) is 7.35. The van der Waals surface area contributed by atoms with E-state index in [9.17, 15) is 18.0 Å². The normalized spacial score (nSPS) is 16.5. The fourth-order valence-corrected chi connectivity index (χ4v) is 5.09. The number of carbonyl (C=O) groups is 2. The summed E-state index contributed by atoms with van der Waals surface area (Å²) in [5.74, 6) is -0.943. The lowest BCUT2D eigenvalue weighted by atomic mass is 9.97. The summed E-state index contributed by atoms with van der Waals surface area (Å²) in [6, 6.07) is 12.8. The number of carbonyl (C=O) groups excluding carboxylic acids is 2. The highest BCUT2D eigenvalue weighted by Crippen LogP contribution is 2.24. The van der Waals surface area contributed by atoms with Crippen LogP contribution in [0, 0.1) is 12.8 Å². The van der Waals surface area contributed by atoms with Crippen LogP contribution in [0.2, 0.25) is 5.02 Å². The number of rotatable bonds is 6. The minimum Gasteiger partial charge on any atom is -0.344 e. The largest absolute Gasteiger partial charge is 0.344 e. The van der Waals surface area contributed by atoms with E-state index in [1.165, 1.54) is 4.31 Å². The third kappa shape index (κ3) is 5.84. The molecule has 166 valence electrons. The molecule has 1 saturated heterocycles. The summed E-state index contributed by atoms with van der Waals surface area (Å²) in [6.07, 6.45) is 0.805. The van der Waals surface area contributed by atoms with Gasteiger partial charge in [0.1, 0.15) is 6.04 Å². The van der Waals surface area contributed by atoms with Crippen LogP contribution in [0.5, 0.6) is 0 Å². The molecule has 1 atom stereocenters. The van der Waals surface area contributed by atoms with Crippen molar-refractivity contribution >= 4 is 39.1 Å². The summed E-state index contributed by atoms with van der Waals surface area (Å²) in [5, 5.41) is 5.94. The average Bonchev–Trinajstić information content (AvgIpc) is 2.74. The van der Waals surface area contributed by atoms with Crippen molar-refractivity contribution in [2.45, 2.75) is 37.6 Å². The minimum atomic E-state index is -3.58. The van der Waals surface area contributed by atoms with E-state index < -0.39 is 16.1 Å². The molecule has 0 saturated carbocycles. The van der Waals surface area contributed by atoms with Crippen LogP contribution in [-0.2, 0) is 19.6 Å². The highest BCUT2D eigenvalue weighted by atomic mass is 35.5. The Hall–Kier alpha value is -2.42. The molecule has 2 aromatic carbocycles. The molecule has 9 heteroatoms. The van der Waals surface area contributed by atoms with Gasteiger partial charge in [-0.05, 0) is 57.0 Å². The van der Waals surface area contributed by atoms with Crippen LogP contribution in [0.15, 0.2) is 53.4 Å². The lowest BCUT2D eigenvalue weighted by molar-refractivity contribution is -0.129. The Bertz CT molecular complexity index is 1050. The quantitative estimate of drug-likeness (QED) is 0.687. The van der Waals surface area contributed by atoms with Crippen molar-refractivity contribution in [2.24, 2.45) is 5.92 Å². The maximum atomic E-state index is 12.8. The van der Waals surface area contributed by atoms with E-state index in [2.05, 4.69) is 10.6 Å². The zero-order valence-corrected chi connectivity index (χ0v) is 19.0. The number of nitrogens with zero attached hydrogens (tertiary/aromatic N) is 1. The second kappa shape index (κ2) is 9.80. The molecular formula is C22H26ClN3O4S. The molecular weight excluding hydrogens is 438 g/mol. The SMILES string of the molecule is Cc1ccc(S(=O)(=O)N2CCC(C(=O)NC(C)C(=O)Nc3cccc(Cl)c3)CC2)cc1. The lowest BCUT2D eigenvalue weighted by Crippen LogP contribution is -2.47. The van der Waals surface area contributed by atoms with Gasteiger partial charge in [0.15, 0.2) is 0 Å². The highest BCUT2D eigenvalue weighted by Gasteiger charge is 2.32. The summed E-state index contributed by atoms with van der Waals surface area (Å²) in [5.41, 5.74) is 1.54. The number of sulfonamides is 1. The summed E-state index contributed by atoms with van der Waals surface area (Å²) in [4.78, 5) is 25.2. The van der Waals surface area contributed by atoms with Crippen molar-refractivity contribution in [1.29, 1.82) is 0 Å². The zero-order chi connectivity index (χ0) is 22.6. The molecule has 2 aromatic rings. The predicted octanol–water partition coefficient (Wildman–Crippen LogP) is 3.19. The van der Waals surface area contributed by atoms with Crippen molar-refractivity contribution in [3.05, 3.63) is 59.1 Å². The Balaban J connectivity index is 1.52. The van der Waals surface area contributed by atoms with Gasteiger partial charge >= 0.3 is 0 Å². The molecule has 0 aromatic heterocycles. The average molecular weight is 464 g/mol. The molecule has 2 amide bonds. The maximum Gasteiger partial charge on any atom is 0.246 e. The third-order valence-corrected chi connectivity index (χ3v) is 7.48. The molecule has 1 heterocycles. The highest BCUT2D eigenvalue weighted by molar-refractivity contribution is 7.89. The molecule has 1 aliphatic heterocycles. The first-order valence-electron chi connectivity index (χ1n) is 10.1. The van der Waals surface area contributed by atoms with E-state index in [1.807, 2.05) is 6.92 Å². The number of piperidine rings is 1. The predicted molar refractivity (Wildman–Crippen MR) is 120 cm³/mol. The Morgan fingerprint density at radius 3 is 2.35 bits per heavy atom. The number of hydrogen-bond acceptors (Lipinski definition) is 4. The Morgan fingerprint density at radius 2 is 1.74 bits per heavy atom. The Labute approximate surface area is 187 Å². The van der Waals surface area contributed by atoms with Crippen LogP contribution >= 0.6 is 11.6 Å². The standard InChI is InChI=1S/C22H26ClN3O4S/c1-15-6-8-20(9-7-15)31(29,30)26-12-10-17(11-13-26)22(28)24-16(2)21(27)25-19-5-3-4-18(23)14-19/h3-9,14,16-17H,10-13H2,1-2H3,(H,24,28)(H,25,27). The molecule has 3 rings (SSSR count). The molecule has 7 nitrogen and oxygen atoms in total. The van der Waals surface area contributed by atoms with Gasteiger partial charge in [-0.3, -0.25) is 9.59 Å². The van der Waals surface area contributed by atoms with Gasteiger partial charge in [0, 0.05) is 29.7 Å². The number of anilines is 1. The van der Waals surface area contributed by atoms with Crippen molar-refractivity contribution in [2.75, 3.05) is 18.4 Å². The first-order chi connectivity index (χ1) is 14.7. The molecule has 2 N–H and O–H groups in total. The first-order valence-corrected chi connectivity index (χ1v) is 11.9. The van der Waals surface area contributed by atoms with Gasteiger partial charge in [0.25, 0.3) is 0 Å². The number of benzene rings is 2. The molecule has 0 aliphatic carbocycles. The molecule has 0 radical (unpaired) electrons. The first kappa shape index (κ1) is 23.2. The van der Waals surface area contributed by atoms with Crippen molar-refractivity contribution in [1.82, 2.24) is 9.62 Å². The molecule has 0 spiro atoms. The summed E-state index contributed by atoms with van der Waals surface area (Å²) >= 11 is 5.92. The van der Waals surface area contributed by atoms with E-state index in [-0.39, 0.29) is 35.7 Å². The van der Waals surface area contributed by atoms with Crippen LogP contribution in [0.3, 0.4) is 0 Å². The van der Waals surface area contributed by atoms with Crippen molar-refractivity contribution in [3.8, 4) is 0 Å². The zero-order valence-electron chi connectivity index (χ0n) is 17.5. The van der Waals surface area contributed by atoms with Gasteiger partial charge < -0.3 is 10.6 Å². The van der Waals surface area contributed by atoms with Gasteiger partial charge in [-0.25, -0.2) is 8.42 Å². The molecule has 0 bridgehead atoms. The smallest absolute Gasteiger partial charge is 0.246 e. The summed E-state index contributed by atoms with van der Waals surface area (Å²) in [7, 11) is -3.58.